The highest BCUT2D eigenvalue weighted by Crippen LogP contribution is 2.36. The summed E-state index contributed by atoms with van der Waals surface area (Å²) in [5, 5.41) is 20.4. The lowest BCUT2D eigenvalue weighted by Crippen LogP contribution is -2.11. The number of rotatable bonds is 4. The summed E-state index contributed by atoms with van der Waals surface area (Å²) in [6.45, 7) is 0. The van der Waals surface area contributed by atoms with Crippen molar-refractivity contribution in [2.75, 3.05) is 0 Å². The molecule has 0 unspecified atom stereocenters. The first-order valence-electron chi connectivity index (χ1n) is 5.52. The Morgan fingerprint density at radius 2 is 2.00 bits per heavy atom. The van der Waals surface area contributed by atoms with Crippen LogP contribution in [0.5, 0.6) is 5.75 Å². The summed E-state index contributed by atoms with van der Waals surface area (Å²) in [5.41, 5.74) is 4.99. The lowest BCUT2D eigenvalue weighted by molar-refractivity contribution is -0.387. The monoisotopic (exact) mass is 290 g/mol. The smallest absolute Gasteiger partial charge is 0.284 e. The van der Waals surface area contributed by atoms with E-state index in [1.807, 2.05) is 0 Å². The van der Waals surface area contributed by atoms with Crippen LogP contribution in [-0.4, -0.2) is 15.9 Å². The van der Waals surface area contributed by atoms with Gasteiger partial charge in [0.05, 0.1) is 9.82 Å². The minimum Gasteiger partial charge on any atom is -0.508 e. The molecule has 0 saturated heterocycles. The number of nitrogens with two attached hydrogens (primary N) is 1. The largest absolute Gasteiger partial charge is 0.508 e. The maximum atomic E-state index is 11.0. The third-order valence-corrected chi connectivity index (χ3v) is 3.54. The highest BCUT2D eigenvalue weighted by atomic mass is 32.2. The average Bonchev–Trinajstić information content (AvgIpc) is 2.38. The number of phenols is 1. The van der Waals surface area contributed by atoms with Crippen molar-refractivity contribution in [2.45, 2.75) is 9.79 Å². The summed E-state index contributed by atoms with van der Waals surface area (Å²) in [5.74, 6) is -0.645. The van der Waals surface area contributed by atoms with Crippen molar-refractivity contribution in [2.24, 2.45) is 5.73 Å². The van der Waals surface area contributed by atoms with Crippen LogP contribution in [0.2, 0.25) is 0 Å². The molecule has 0 aromatic heterocycles. The number of hydrogen-bond acceptors (Lipinski definition) is 5. The lowest BCUT2D eigenvalue weighted by atomic mass is 10.2. The summed E-state index contributed by atoms with van der Waals surface area (Å²) >= 11 is 1.12. The van der Waals surface area contributed by atoms with E-state index in [-0.39, 0.29) is 17.0 Å². The van der Waals surface area contributed by atoms with Gasteiger partial charge in [-0.05, 0) is 30.3 Å². The van der Waals surface area contributed by atoms with Crippen LogP contribution in [0.25, 0.3) is 0 Å². The first-order chi connectivity index (χ1) is 9.47. The predicted octanol–water partition coefficient (Wildman–Crippen LogP) is 2.55. The second-order valence-corrected chi connectivity index (χ2v) is 5.02. The number of carbonyl (C=O) groups is 1. The van der Waals surface area contributed by atoms with E-state index in [0.29, 0.717) is 9.79 Å². The van der Waals surface area contributed by atoms with Crippen LogP contribution >= 0.6 is 11.8 Å². The molecule has 0 spiro atoms. The lowest BCUT2D eigenvalue weighted by Gasteiger charge is -2.04. The van der Waals surface area contributed by atoms with Gasteiger partial charge in [-0.1, -0.05) is 17.8 Å². The molecule has 2 aromatic carbocycles. The molecule has 102 valence electrons. The number of aromatic hydroxyl groups is 1. The van der Waals surface area contributed by atoms with Gasteiger partial charge >= 0.3 is 0 Å². The minimum atomic E-state index is -0.720. The molecule has 0 aliphatic rings. The van der Waals surface area contributed by atoms with E-state index in [4.69, 9.17) is 5.73 Å². The molecule has 0 heterocycles. The van der Waals surface area contributed by atoms with Gasteiger partial charge in [-0.25, -0.2) is 0 Å². The van der Waals surface area contributed by atoms with Gasteiger partial charge < -0.3 is 10.8 Å². The van der Waals surface area contributed by atoms with Crippen LogP contribution in [0, 0.1) is 10.1 Å². The molecule has 0 atom stereocenters. The summed E-state index contributed by atoms with van der Waals surface area (Å²) in [6, 6.07) is 10.4. The van der Waals surface area contributed by atoms with Gasteiger partial charge in [0, 0.05) is 16.5 Å². The van der Waals surface area contributed by atoms with Crippen molar-refractivity contribution in [3.05, 3.63) is 58.1 Å². The van der Waals surface area contributed by atoms with Gasteiger partial charge in [0.2, 0.25) is 5.91 Å². The minimum absolute atomic E-state index is 0.0754. The number of phenolic OH excluding ortho intramolecular Hbond substituents is 1. The molecule has 0 saturated carbocycles. The molecule has 0 aliphatic carbocycles. The Hall–Kier alpha value is -2.54. The molecule has 6 nitrogen and oxygen atoms in total. The fraction of sp³-hybridized carbons (Fsp3) is 0. The molecule has 2 rings (SSSR count). The number of nitro groups is 1. The summed E-state index contributed by atoms with van der Waals surface area (Å²) in [6.07, 6.45) is 0. The zero-order chi connectivity index (χ0) is 14.7. The Labute approximate surface area is 118 Å². The maximum Gasteiger partial charge on any atom is 0.284 e. The number of carbonyl (C=O) groups excluding carboxylic acids is 1. The quantitative estimate of drug-likeness (QED) is 0.664. The topological polar surface area (TPSA) is 106 Å². The number of nitro benzene ring substituents is 1. The van der Waals surface area contributed by atoms with Crippen LogP contribution in [0.15, 0.2) is 52.3 Å². The molecular formula is C13H10N2O4S. The highest BCUT2D eigenvalue weighted by Gasteiger charge is 2.17. The molecule has 20 heavy (non-hydrogen) atoms. The SMILES string of the molecule is NC(=O)c1ccc(Sc2cccc(O)c2)c([N+](=O)[O-])c1. The molecule has 2 aromatic rings. The second-order valence-electron chi connectivity index (χ2n) is 3.90. The molecule has 0 aliphatic heterocycles. The first-order valence-corrected chi connectivity index (χ1v) is 6.34. The van der Waals surface area contributed by atoms with E-state index in [2.05, 4.69) is 0 Å². The number of benzene rings is 2. The van der Waals surface area contributed by atoms with E-state index in [0.717, 1.165) is 17.8 Å². The van der Waals surface area contributed by atoms with Crippen LogP contribution in [0.3, 0.4) is 0 Å². The molecule has 3 N–H and O–H groups in total. The molecule has 0 radical (unpaired) electrons. The van der Waals surface area contributed by atoms with Gasteiger partial charge in [0.1, 0.15) is 5.75 Å². The Morgan fingerprint density at radius 1 is 1.25 bits per heavy atom. The molecule has 7 heteroatoms. The van der Waals surface area contributed by atoms with Gasteiger partial charge in [-0.2, -0.15) is 0 Å². The van der Waals surface area contributed by atoms with Crippen molar-refractivity contribution in [3.8, 4) is 5.75 Å². The summed E-state index contributed by atoms with van der Waals surface area (Å²) < 4.78 is 0. The highest BCUT2D eigenvalue weighted by molar-refractivity contribution is 7.99. The van der Waals surface area contributed by atoms with Gasteiger partial charge in [-0.3, -0.25) is 14.9 Å². The Morgan fingerprint density at radius 3 is 2.60 bits per heavy atom. The number of primary amides is 1. The third kappa shape index (κ3) is 3.07. The van der Waals surface area contributed by atoms with Crippen molar-refractivity contribution in [1.29, 1.82) is 0 Å². The normalized spacial score (nSPS) is 10.2. The third-order valence-electron chi connectivity index (χ3n) is 2.49. The molecule has 0 bridgehead atoms. The van der Waals surface area contributed by atoms with Crippen LogP contribution in [-0.2, 0) is 0 Å². The van der Waals surface area contributed by atoms with Crippen molar-refractivity contribution >= 4 is 23.4 Å². The molecule has 1 amide bonds. The first kappa shape index (κ1) is 13.9. The predicted molar refractivity (Wildman–Crippen MR) is 73.8 cm³/mol. The van der Waals surface area contributed by atoms with Crippen LogP contribution in [0.1, 0.15) is 10.4 Å². The standard InChI is InChI=1S/C13H10N2O4S/c14-13(17)8-4-5-12(11(6-8)15(18)19)20-10-3-1-2-9(16)7-10/h1-7,16H,(H2,14,17). The van der Waals surface area contributed by atoms with E-state index < -0.39 is 10.8 Å². The Bertz CT molecular complexity index is 688. The second kappa shape index (κ2) is 5.62. The van der Waals surface area contributed by atoms with Crippen molar-refractivity contribution in [1.82, 2.24) is 0 Å². The van der Waals surface area contributed by atoms with Crippen molar-refractivity contribution < 1.29 is 14.8 Å². The summed E-state index contributed by atoms with van der Waals surface area (Å²) in [4.78, 5) is 22.5. The van der Waals surface area contributed by atoms with Gasteiger partial charge in [-0.15, -0.1) is 0 Å². The number of hydrogen-bond donors (Lipinski definition) is 2. The average molecular weight is 290 g/mol. The van der Waals surface area contributed by atoms with Gasteiger partial charge in [0.25, 0.3) is 5.69 Å². The van der Waals surface area contributed by atoms with Crippen LogP contribution < -0.4 is 5.73 Å². The van der Waals surface area contributed by atoms with E-state index in [1.54, 1.807) is 12.1 Å². The Balaban J connectivity index is 2.41. The van der Waals surface area contributed by atoms with Gasteiger partial charge in [0.15, 0.2) is 0 Å². The fourth-order valence-corrected chi connectivity index (χ4v) is 2.53. The molecule has 0 fully saturated rings. The number of nitrogens with zero attached hydrogens (tertiary/aromatic N) is 1. The fourth-order valence-electron chi connectivity index (χ4n) is 1.57. The van der Waals surface area contributed by atoms with E-state index in [1.165, 1.54) is 24.3 Å². The molecular weight excluding hydrogens is 280 g/mol. The van der Waals surface area contributed by atoms with Crippen molar-refractivity contribution in [3.63, 3.8) is 0 Å². The van der Waals surface area contributed by atoms with Crippen LogP contribution in [0.4, 0.5) is 5.69 Å². The zero-order valence-corrected chi connectivity index (χ0v) is 11.0. The van der Waals surface area contributed by atoms with E-state index >= 15 is 0 Å². The number of amides is 1. The van der Waals surface area contributed by atoms with E-state index in [9.17, 15) is 20.0 Å². The summed E-state index contributed by atoms with van der Waals surface area (Å²) in [7, 11) is 0. The maximum absolute atomic E-state index is 11.0. The Kier molecular flexibility index (Phi) is 3.90. The zero-order valence-electron chi connectivity index (χ0n) is 10.1.